The Morgan fingerprint density at radius 2 is 0.923 bits per heavy atom. The summed E-state index contributed by atoms with van der Waals surface area (Å²) in [5, 5.41) is 57.0. The molecule has 0 bridgehead atoms. The summed E-state index contributed by atoms with van der Waals surface area (Å²) in [5.74, 6) is -1.21. The average molecular weight is 1100 g/mol. The average Bonchev–Trinajstić information content (AvgIpc) is 3.44. The first-order chi connectivity index (χ1) is 38.2. The minimum atomic E-state index is -1.62. The fraction of sp³-hybridized carbons (Fsp3) is 0.761. The molecule has 1 saturated heterocycles. The van der Waals surface area contributed by atoms with Crippen molar-refractivity contribution in [2.45, 2.75) is 314 Å². The Balaban J connectivity index is 2.62. The van der Waals surface area contributed by atoms with E-state index in [9.17, 15) is 35.1 Å². The van der Waals surface area contributed by atoms with E-state index in [0.29, 0.717) is 19.3 Å². The number of amides is 1. The fourth-order valence-corrected chi connectivity index (χ4v) is 9.54. The summed E-state index contributed by atoms with van der Waals surface area (Å²) in [7, 11) is 0. The highest BCUT2D eigenvalue weighted by atomic mass is 16.7. The van der Waals surface area contributed by atoms with Gasteiger partial charge >= 0.3 is 5.97 Å². The number of unbranched alkanes of at least 4 members (excludes halogenated alkanes) is 27. The number of carbonyl (C=O) groups is 2. The van der Waals surface area contributed by atoms with Gasteiger partial charge in [-0.05, 0) is 77.0 Å². The summed E-state index contributed by atoms with van der Waals surface area (Å²) in [6.45, 7) is 5.66. The van der Waals surface area contributed by atoms with Crippen LogP contribution in [0.25, 0.3) is 0 Å². The van der Waals surface area contributed by atoms with Gasteiger partial charge in [0, 0.05) is 6.42 Å². The maximum atomic E-state index is 13.4. The normalized spacial score (nSPS) is 19.5. The smallest absolute Gasteiger partial charge is 0.306 e. The van der Waals surface area contributed by atoms with Crippen molar-refractivity contribution in [3.8, 4) is 0 Å². The van der Waals surface area contributed by atoms with Crippen molar-refractivity contribution < 1.29 is 49.3 Å². The molecule has 6 N–H and O–H groups in total. The van der Waals surface area contributed by atoms with E-state index in [1.54, 1.807) is 6.08 Å². The summed E-state index contributed by atoms with van der Waals surface area (Å²) in [5.41, 5.74) is 0. The van der Waals surface area contributed by atoms with Gasteiger partial charge in [-0.25, -0.2) is 0 Å². The van der Waals surface area contributed by atoms with Gasteiger partial charge in [-0.3, -0.25) is 9.59 Å². The SMILES string of the molecule is CC/C=C\C/C=C\C/C=C\C/C=C\C/C=C\C/C=C\CCCCCCCCC(=O)OC1C(OCC(NC(=O)C(O)CCCCCCCCCCCCCC)C(O)/C=C/CCCCCCCCCCCC)OC(CO)C(O)C1O. The van der Waals surface area contributed by atoms with E-state index >= 15 is 0 Å². The lowest BCUT2D eigenvalue weighted by Gasteiger charge is -2.41. The predicted molar refractivity (Wildman–Crippen MR) is 324 cm³/mol. The molecule has 1 amide bonds. The van der Waals surface area contributed by atoms with Crippen LogP contribution in [0.15, 0.2) is 85.1 Å². The lowest BCUT2D eigenvalue weighted by Crippen LogP contribution is -2.61. The minimum absolute atomic E-state index is 0.103. The van der Waals surface area contributed by atoms with Crippen LogP contribution in [0, 0.1) is 0 Å². The molecular formula is C67H117NO10. The van der Waals surface area contributed by atoms with E-state index in [1.807, 2.05) is 6.08 Å². The second-order valence-corrected chi connectivity index (χ2v) is 21.8. The second kappa shape index (κ2) is 54.4. The van der Waals surface area contributed by atoms with Crippen LogP contribution in [0.5, 0.6) is 0 Å². The highest BCUT2D eigenvalue weighted by Gasteiger charge is 2.47. The van der Waals surface area contributed by atoms with Crippen molar-refractivity contribution in [1.29, 1.82) is 0 Å². The number of ether oxygens (including phenoxy) is 3. The van der Waals surface area contributed by atoms with Crippen LogP contribution < -0.4 is 5.32 Å². The van der Waals surface area contributed by atoms with Gasteiger partial charge in [-0.1, -0.05) is 266 Å². The number of aliphatic hydroxyl groups excluding tert-OH is 5. The fourth-order valence-electron chi connectivity index (χ4n) is 9.54. The molecule has 1 rings (SSSR count). The zero-order valence-electron chi connectivity index (χ0n) is 49.8. The third-order valence-corrected chi connectivity index (χ3v) is 14.6. The maximum Gasteiger partial charge on any atom is 0.306 e. The van der Waals surface area contributed by atoms with Crippen LogP contribution in [0.3, 0.4) is 0 Å². The monoisotopic (exact) mass is 1100 g/mol. The maximum absolute atomic E-state index is 13.4. The molecule has 0 aliphatic carbocycles. The summed E-state index contributed by atoms with van der Waals surface area (Å²) >= 11 is 0. The Bertz CT molecular complexity index is 1590. The van der Waals surface area contributed by atoms with Crippen LogP contribution in [0.4, 0.5) is 0 Å². The number of hydrogen-bond acceptors (Lipinski definition) is 10. The zero-order valence-corrected chi connectivity index (χ0v) is 49.8. The molecule has 1 heterocycles. The largest absolute Gasteiger partial charge is 0.454 e. The molecule has 0 aromatic rings. The Morgan fingerprint density at radius 1 is 0.513 bits per heavy atom. The molecule has 8 atom stereocenters. The Kier molecular flexibility index (Phi) is 50.8. The van der Waals surface area contributed by atoms with E-state index in [4.69, 9.17) is 14.2 Å². The van der Waals surface area contributed by atoms with Gasteiger partial charge in [0.1, 0.15) is 24.4 Å². The van der Waals surface area contributed by atoms with Gasteiger partial charge in [-0.2, -0.15) is 0 Å². The second-order valence-electron chi connectivity index (χ2n) is 21.8. The molecule has 11 nitrogen and oxygen atoms in total. The molecule has 1 aliphatic heterocycles. The standard InChI is InChI=1S/C67H117NO10/c1-4-7-10-13-16-19-22-25-26-27-28-29-30-31-32-33-34-35-36-37-40-43-46-49-52-55-62(72)78-65-64(74)63(73)61(56-69)77-67(65)76-57-58(59(70)53-50-47-44-41-38-23-20-17-14-11-8-5-2)68-66(75)60(71)54-51-48-45-42-39-24-21-18-15-12-9-6-3/h7,10,16,19,25-26,28-29,31-32,34-35,50,53,58-61,63-65,67,69-71,73-74H,4-6,8-9,11-15,17-18,20-24,27,30,33,36-49,51-52,54-57H2,1-3H3,(H,68,75)/b10-7-,19-16-,26-25-,29-28-,32-31-,35-34-,53-50+. The van der Waals surface area contributed by atoms with Gasteiger partial charge < -0.3 is 45.1 Å². The lowest BCUT2D eigenvalue weighted by molar-refractivity contribution is -0.305. The minimum Gasteiger partial charge on any atom is -0.454 e. The van der Waals surface area contributed by atoms with Gasteiger partial charge in [0.2, 0.25) is 5.91 Å². The number of allylic oxidation sites excluding steroid dienone is 13. The first-order valence-corrected chi connectivity index (χ1v) is 31.9. The van der Waals surface area contributed by atoms with Gasteiger partial charge in [-0.15, -0.1) is 0 Å². The van der Waals surface area contributed by atoms with Crippen molar-refractivity contribution in [2.75, 3.05) is 13.2 Å². The Labute approximate surface area is 476 Å². The summed E-state index contributed by atoms with van der Waals surface area (Å²) < 4.78 is 17.6. The molecule has 1 fully saturated rings. The highest BCUT2D eigenvalue weighted by Crippen LogP contribution is 2.26. The molecule has 8 unspecified atom stereocenters. The van der Waals surface area contributed by atoms with Gasteiger partial charge in [0.15, 0.2) is 12.4 Å². The Hall–Kier alpha value is -3.16. The van der Waals surface area contributed by atoms with Crippen molar-refractivity contribution in [1.82, 2.24) is 5.32 Å². The lowest BCUT2D eigenvalue weighted by atomic mass is 9.99. The first kappa shape index (κ1) is 72.9. The summed E-state index contributed by atoms with van der Waals surface area (Å²) in [6.07, 6.45) is 60.5. The number of carbonyl (C=O) groups excluding carboxylic acids is 2. The van der Waals surface area contributed by atoms with Gasteiger partial charge in [0.25, 0.3) is 0 Å². The molecular weight excluding hydrogens is 979 g/mol. The predicted octanol–water partition coefficient (Wildman–Crippen LogP) is 15.3. The van der Waals surface area contributed by atoms with E-state index < -0.39 is 67.4 Å². The van der Waals surface area contributed by atoms with E-state index in [2.05, 4.69) is 99.0 Å². The van der Waals surface area contributed by atoms with Crippen molar-refractivity contribution >= 4 is 11.9 Å². The zero-order chi connectivity index (χ0) is 56.8. The topological polar surface area (TPSA) is 175 Å². The molecule has 0 spiro atoms. The van der Waals surface area contributed by atoms with Crippen LogP contribution >= 0.6 is 0 Å². The van der Waals surface area contributed by atoms with Crippen LogP contribution in [-0.4, -0.2) is 99.6 Å². The molecule has 1 aliphatic rings. The van der Waals surface area contributed by atoms with Crippen LogP contribution in [0.2, 0.25) is 0 Å². The summed E-state index contributed by atoms with van der Waals surface area (Å²) in [4.78, 5) is 26.5. The first-order valence-electron chi connectivity index (χ1n) is 31.9. The van der Waals surface area contributed by atoms with Crippen LogP contribution in [0.1, 0.15) is 265 Å². The number of nitrogens with one attached hydrogen (secondary N) is 1. The van der Waals surface area contributed by atoms with E-state index in [0.717, 1.165) is 116 Å². The quantitative estimate of drug-likeness (QED) is 0.0195. The Morgan fingerprint density at radius 3 is 1.38 bits per heavy atom. The van der Waals surface area contributed by atoms with Gasteiger partial charge in [0.05, 0.1) is 25.4 Å². The molecule has 0 aromatic heterocycles. The van der Waals surface area contributed by atoms with Crippen molar-refractivity contribution in [3.63, 3.8) is 0 Å². The number of esters is 1. The molecule has 0 radical (unpaired) electrons. The molecule has 78 heavy (non-hydrogen) atoms. The number of aliphatic hydroxyl groups is 5. The van der Waals surface area contributed by atoms with E-state index in [1.165, 1.54) is 103 Å². The highest BCUT2D eigenvalue weighted by molar-refractivity contribution is 5.80. The molecule has 0 saturated carbocycles. The van der Waals surface area contributed by atoms with Crippen molar-refractivity contribution in [2.24, 2.45) is 0 Å². The number of hydrogen-bond donors (Lipinski definition) is 6. The summed E-state index contributed by atoms with van der Waals surface area (Å²) in [6, 6.07) is -1.03. The third-order valence-electron chi connectivity index (χ3n) is 14.6. The molecule has 0 aromatic carbocycles. The number of rotatable bonds is 53. The molecule has 450 valence electrons. The van der Waals surface area contributed by atoms with E-state index in [-0.39, 0.29) is 13.0 Å². The molecule has 11 heteroatoms. The van der Waals surface area contributed by atoms with Crippen LogP contribution in [-0.2, 0) is 23.8 Å². The van der Waals surface area contributed by atoms with Crippen molar-refractivity contribution in [3.05, 3.63) is 85.1 Å². The third kappa shape index (κ3) is 41.8.